The summed E-state index contributed by atoms with van der Waals surface area (Å²) in [5.41, 5.74) is -12.8. The van der Waals surface area contributed by atoms with Gasteiger partial charge in [-0.05, 0) is 0 Å². The average molecular weight is 754 g/mol. The van der Waals surface area contributed by atoms with Gasteiger partial charge >= 0.3 is 13.0 Å². The van der Waals surface area contributed by atoms with E-state index in [9.17, 15) is 57.1 Å². The van der Waals surface area contributed by atoms with E-state index in [-0.39, 0.29) is 12.1 Å². The predicted molar refractivity (Wildman–Crippen MR) is 131 cm³/mol. The summed E-state index contributed by atoms with van der Waals surface area (Å²) < 4.78 is 289. The summed E-state index contributed by atoms with van der Waals surface area (Å²) in [5, 5.41) is -4.76. The van der Waals surface area contributed by atoms with E-state index in [1.54, 1.807) is 0 Å². The molecule has 0 unspecified atom stereocenters. The van der Waals surface area contributed by atoms with Gasteiger partial charge in [0, 0.05) is 28.8 Å². The summed E-state index contributed by atoms with van der Waals surface area (Å²) in [5.74, 6) is -58.3. The van der Waals surface area contributed by atoms with Gasteiger partial charge in [-0.2, -0.15) is 17.6 Å². The fourth-order valence-corrected chi connectivity index (χ4v) is 5.31. The Morgan fingerprint density at radius 3 is 1.43 bits per heavy atom. The number of halogens is 19. The van der Waals surface area contributed by atoms with Gasteiger partial charge in [-0.1, -0.05) is 0 Å². The van der Waals surface area contributed by atoms with Crippen LogP contribution in [0.2, 0.25) is 0 Å². The normalized spacial score (nSPS) is 13.2. The molecule has 266 valence electrons. The molecule has 1 aliphatic rings. The van der Waals surface area contributed by atoms with Crippen molar-refractivity contribution in [2.45, 2.75) is 5.92 Å². The van der Waals surface area contributed by atoms with Crippen molar-refractivity contribution in [2.24, 2.45) is 0 Å². The van der Waals surface area contributed by atoms with E-state index in [1.165, 1.54) is 0 Å². The first-order valence-electron chi connectivity index (χ1n) is 12.9. The smallest absolute Gasteiger partial charge is 0.520 e. The molecule has 6 rings (SSSR count). The zero-order valence-electron chi connectivity index (χ0n) is 23.2. The highest BCUT2D eigenvalue weighted by molar-refractivity contribution is 6.64. The SMILES string of the molecule is Fc1cc(F)c(F)c(OB(Oc2c(F)c(F)c(F)c3c(F)c(F)c(F)c(F)c23)c2c(F)c(F)c(F)c3c2C(F)(F)c2c(F)c(F)c(F)c(F)c2-3)c1. The van der Waals surface area contributed by atoms with Gasteiger partial charge in [0.2, 0.25) is 5.82 Å². The molecule has 0 aliphatic heterocycles. The van der Waals surface area contributed by atoms with E-state index in [2.05, 4.69) is 9.31 Å². The topological polar surface area (TPSA) is 18.5 Å². The number of hydrogen-bond acceptors (Lipinski definition) is 2. The molecule has 0 fully saturated rings. The maximum absolute atomic E-state index is 15.9. The quantitative estimate of drug-likeness (QED) is 0.0772. The first-order chi connectivity index (χ1) is 23.7. The molecule has 5 aromatic carbocycles. The van der Waals surface area contributed by atoms with Crippen molar-refractivity contribution in [2.75, 3.05) is 0 Å². The maximum Gasteiger partial charge on any atom is 0.636 e. The molecule has 0 saturated heterocycles. The Labute approximate surface area is 267 Å². The van der Waals surface area contributed by atoms with Crippen molar-refractivity contribution >= 4 is 23.4 Å². The molecule has 0 radical (unpaired) electrons. The Morgan fingerprint density at radius 2 is 0.863 bits per heavy atom. The van der Waals surface area contributed by atoms with Gasteiger partial charge in [-0.25, -0.2) is 65.9 Å². The van der Waals surface area contributed by atoms with Crippen LogP contribution in [0.3, 0.4) is 0 Å². The van der Waals surface area contributed by atoms with Gasteiger partial charge in [0.15, 0.2) is 93.0 Å². The van der Waals surface area contributed by atoms with E-state index in [4.69, 9.17) is 0 Å². The van der Waals surface area contributed by atoms with Gasteiger partial charge < -0.3 is 9.31 Å². The van der Waals surface area contributed by atoms with Crippen LogP contribution in [0.25, 0.3) is 21.9 Å². The Hall–Kier alpha value is -5.31. The Balaban J connectivity index is 1.77. The van der Waals surface area contributed by atoms with Crippen molar-refractivity contribution in [3.63, 3.8) is 0 Å². The van der Waals surface area contributed by atoms with Gasteiger partial charge in [0.05, 0.1) is 21.8 Å². The second kappa shape index (κ2) is 11.6. The molecule has 0 bridgehead atoms. The largest absolute Gasteiger partial charge is 0.636 e. The van der Waals surface area contributed by atoms with Crippen molar-refractivity contribution < 1.29 is 92.7 Å². The minimum Gasteiger partial charge on any atom is -0.520 e. The van der Waals surface area contributed by atoms with Crippen LogP contribution in [-0.4, -0.2) is 7.12 Å². The zero-order chi connectivity index (χ0) is 37.9. The van der Waals surface area contributed by atoms with E-state index >= 15 is 26.3 Å². The van der Waals surface area contributed by atoms with Crippen LogP contribution in [0.4, 0.5) is 83.4 Å². The Kier molecular flexibility index (Phi) is 8.09. The predicted octanol–water partition coefficient (Wildman–Crippen LogP) is 9.18. The van der Waals surface area contributed by atoms with E-state index in [0.29, 0.717) is 0 Å². The lowest BCUT2D eigenvalue weighted by Gasteiger charge is -2.24. The van der Waals surface area contributed by atoms with Crippen LogP contribution in [0.5, 0.6) is 11.5 Å². The molecule has 1 aliphatic carbocycles. The molecule has 0 heterocycles. The molecule has 0 atom stereocenters. The Morgan fingerprint density at radius 1 is 0.412 bits per heavy atom. The molecule has 0 spiro atoms. The molecule has 0 N–H and O–H groups in total. The summed E-state index contributed by atoms with van der Waals surface area (Å²) in [6, 6.07) is -0.510. The highest BCUT2D eigenvalue weighted by Gasteiger charge is 2.57. The van der Waals surface area contributed by atoms with Crippen molar-refractivity contribution in [1.82, 2.24) is 0 Å². The van der Waals surface area contributed by atoms with Gasteiger partial charge in [0.25, 0.3) is 0 Å². The van der Waals surface area contributed by atoms with Gasteiger partial charge in [-0.15, -0.1) is 0 Å². The molecule has 51 heavy (non-hydrogen) atoms. The summed E-state index contributed by atoms with van der Waals surface area (Å²) in [7, 11) is -3.98. The molecule has 2 nitrogen and oxygen atoms in total. The van der Waals surface area contributed by atoms with E-state index < -0.39 is 162 Å². The van der Waals surface area contributed by atoms with Crippen molar-refractivity contribution in [1.29, 1.82) is 0 Å². The second-order valence-corrected chi connectivity index (χ2v) is 10.2. The number of fused-ring (bicyclic) bond motifs is 4. The van der Waals surface area contributed by atoms with Crippen LogP contribution >= 0.6 is 0 Å². The highest BCUT2D eigenvalue weighted by atomic mass is 19.3. The van der Waals surface area contributed by atoms with Gasteiger partial charge in [-0.3, -0.25) is 0 Å². The number of alkyl halides is 2. The number of benzene rings is 5. The number of hydrogen-bond donors (Lipinski definition) is 0. The summed E-state index contributed by atoms with van der Waals surface area (Å²) >= 11 is 0. The lowest BCUT2D eigenvalue weighted by Crippen LogP contribution is -2.49. The van der Waals surface area contributed by atoms with Crippen LogP contribution in [-0.2, 0) is 5.92 Å². The summed E-state index contributed by atoms with van der Waals surface area (Å²) in [6.07, 6.45) is 0. The van der Waals surface area contributed by atoms with Crippen molar-refractivity contribution in [3.8, 4) is 22.6 Å². The van der Waals surface area contributed by atoms with Crippen LogP contribution in [0.1, 0.15) is 11.1 Å². The first kappa shape index (κ1) is 35.5. The minimum absolute atomic E-state index is 0.245. The van der Waals surface area contributed by atoms with E-state index in [0.717, 1.165) is 0 Å². The molecule has 0 amide bonds. The maximum atomic E-state index is 15.9. The van der Waals surface area contributed by atoms with Crippen LogP contribution < -0.4 is 14.8 Å². The number of rotatable bonds is 5. The van der Waals surface area contributed by atoms with Crippen molar-refractivity contribution in [3.05, 3.63) is 122 Å². The highest BCUT2D eigenvalue weighted by Crippen LogP contribution is 2.55. The fourth-order valence-electron chi connectivity index (χ4n) is 5.31. The van der Waals surface area contributed by atoms with Crippen LogP contribution in [0.15, 0.2) is 12.1 Å². The first-order valence-corrected chi connectivity index (χ1v) is 12.9. The lowest BCUT2D eigenvalue weighted by atomic mass is 9.72. The fraction of sp³-hybridized carbons (Fsp3) is 0.0345. The van der Waals surface area contributed by atoms with Crippen LogP contribution in [0, 0.1) is 98.9 Å². The van der Waals surface area contributed by atoms with Gasteiger partial charge in [0.1, 0.15) is 11.6 Å². The molecule has 0 aromatic heterocycles. The standard InChI is InChI=1S/C29H2BF19O2/c31-3-1-4(32)13(33)5(2-3)50-30(51-28-9-8(17(37)25(45)27(28)47)16(36)23(43)24(44)18(9)38)12-10-6(14(34)21(41)20(12)40)7-11(29(10,48)49)19(39)26(46)22(42)15(7)35/h1-2H. The molecule has 0 saturated carbocycles. The second-order valence-electron chi connectivity index (χ2n) is 10.2. The van der Waals surface area contributed by atoms with E-state index in [1.807, 2.05) is 0 Å². The third-order valence-electron chi connectivity index (χ3n) is 7.46. The zero-order valence-corrected chi connectivity index (χ0v) is 23.2. The molecule has 5 aromatic rings. The molecular weight excluding hydrogens is 752 g/mol. The minimum atomic E-state index is -5.65. The average Bonchev–Trinajstić information content (AvgIpc) is 3.32. The summed E-state index contributed by atoms with van der Waals surface area (Å²) in [6.45, 7) is 0. The third kappa shape index (κ3) is 4.77. The molecular formula is C29H2BF19O2. The Bertz CT molecular complexity index is 2390. The molecule has 22 heteroatoms. The third-order valence-corrected chi connectivity index (χ3v) is 7.46. The summed E-state index contributed by atoms with van der Waals surface area (Å²) in [4.78, 5) is 0. The monoisotopic (exact) mass is 754 g/mol. The lowest BCUT2D eigenvalue weighted by molar-refractivity contribution is 0.0433.